The van der Waals surface area contributed by atoms with Crippen molar-refractivity contribution in [2.75, 3.05) is 20.7 Å². The molecule has 0 saturated carbocycles. The Hall–Kier alpha value is -1.09. The largest absolute Gasteiger partial charge is 0.494 e. The summed E-state index contributed by atoms with van der Waals surface area (Å²) in [5.41, 5.74) is 0.807. The van der Waals surface area contributed by atoms with Gasteiger partial charge >= 0.3 is 0 Å². The van der Waals surface area contributed by atoms with Gasteiger partial charge in [0.05, 0.1) is 7.11 Å². The van der Waals surface area contributed by atoms with Gasteiger partial charge in [0.15, 0.2) is 11.6 Å². The summed E-state index contributed by atoms with van der Waals surface area (Å²) in [6.45, 7) is 5.26. The summed E-state index contributed by atoms with van der Waals surface area (Å²) in [7, 11) is 3.43. The second kappa shape index (κ2) is 6.01. The van der Waals surface area contributed by atoms with Gasteiger partial charge in [-0.3, -0.25) is 0 Å². The third-order valence-electron chi connectivity index (χ3n) is 2.98. The second-order valence-corrected chi connectivity index (χ2v) is 5.13. The van der Waals surface area contributed by atoms with Crippen LogP contribution in [0.4, 0.5) is 4.39 Å². The lowest BCUT2D eigenvalue weighted by Gasteiger charge is -2.25. The predicted octanol–water partition coefficient (Wildman–Crippen LogP) is 3.01. The van der Waals surface area contributed by atoms with Gasteiger partial charge in [-0.05, 0) is 43.5 Å². The molecule has 1 aromatic carbocycles. The van der Waals surface area contributed by atoms with Crippen molar-refractivity contribution in [3.8, 4) is 5.75 Å². The Balaban J connectivity index is 2.80. The summed E-state index contributed by atoms with van der Waals surface area (Å²) in [5.74, 6) is 0.0967. The molecule has 96 valence electrons. The van der Waals surface area contributed by atoms with Crippen molar-refractivity contribution in [2.45, 2.75) is 26.7 Å². The van der Waals surface area contributed by atoms with Gasteiger partial charge in [0.1, 0.15) is 0 Å². The topological polar surface area (TPSA) is 21.3 Å². The molecule has 1 aromatic rings. The van der Waals surface area contributed by atoms with Crippen LogP contribution in [0.15, 0.2) is 18.2 Å². The average molecular weight is 239 g/mol. The lowest BCUT2D eigenvalue weighted by Crippen LogP contribution is -2.22. The van der Waals surface area contributed by atoms with E-state index in [-0.39, 0.29) is 11.2 Å². The van der Waals surface area contributed by atoms with Gasteiger partial charge in [0.25, 0.3) is 0 Å². The summed E-state index contributed by atoms with van der Waals surface area (Å²) in [5, 5.41) is 3.13. The van der Waals surface area contributed by atoms with Crippen LogP contribution in [0.5, 0.6) is 5.75 Å². The van der Waals surface area contributed by atoms with Crippen LogP contribution in [0, 0.1) is 11.2 Å². The molecule has 0 atom stereocenters. The normalized spacial score (nSPS) is 11.6. The van der Waals surface area contributed by atoms with Crippen LogP contribution in [-0.4, -0.2) is 20.7 Å². The van der Waals surface area contributed by atoms with E-state index in [1.165, 1.54) is 7.11 Å². The van der Waals surface area contributed by atoms with Gasteiger partial charge in [-0.25, -0.2) is 4.39 Å². The minimum Gasteiger partial charge on any atom is -0.494 e. The lowest BCUT2D eigenvalue weighted by atomic mass is 9.82. The molecule has 0 saturated heterocycles. The van der Waals surface area contributed by atoms with Gasteiger partial charge in [0, 0.05) is 0 Å². The van der Waals surface area contributed by atoms with Crippen molar-refractivity contribution >= 4 is 0 Å². The van der Waals surface area contributed by atoms with E-state index in [9.17, 15) is 4.39 Å². The zero-order valence-corrected chi connectivity index (χ0v) is 11.1. The Morgan fingerprint density at radius 1 is 1.35 bits per heavy atom. The molecule has 1 N–H and O–H groups in total. The van der Waals surface area contributed by atoms with E-state index in [4.69, 9.17) is 4.74 Å². The van der Waals surface area contributed by atoms with Gasteiger partial charge < -0.3 is 10.1 Å². The highest BCUT2D eigenvalue weighted by Crippen LogP contribution is 2.29. The summed E-state index contributed by atoms with van der Waals surface area (Å²) < 4.78 is 19.0. The monoisotopic (exact) mass is 239 g/mol. The van der Waals surface area contributed by atoms with Gasteiger partial charge in [-0.15, -0.1) is 0 Å². The first kappa shape index (κ1) is 14.0. The van der Waals surface area contributed by atoms with Crippen LogP contribution in [0.1, 0.15) is 25.8 Å². The van der Waals surface area contributed by atoms with Crippen molar-refractivity contribution in [3.63, 3.8) is 0 Å². The minimum absolute atomic E-state index is 0.0796. The predicted molar refractivity (Wildman–Crippen MR) is 69.0 cm³/mol. The van der Waals surface area contributed by atoms with Gasteiger partial charge in [0.2, 0.25) is 0 Å². The maximum Gasteiger partial charge on any atom is 0.168 e. The van der Waals surface area contributed by atoms with Crippen molar-refractivity contribution in [2.24, 2.45) is 5.41 Å². The molecular weight excluding hydrogens is 217 g/mol. The van der Waals surface area contributed by atoms with E-state index < -0.39 is 0 Å². The summed E-state index contributed by atoms with van der Waals surface area (Å²) in [6, 6.07) is 5.32. The molecule has 0 bridgehead atoms. The number of methoxy groups -OCH3 is 1. The Kier molecular flexibility index (Phi) is 4.94. The molecule has 0 aliphatic rings. The smallest absolute Gasteiger partial charge is 0.168 e. The second-order valence-electron chi connectivity index (χ2n) is 5.13. The fraction of sp³-hybridized carbons (Fsp3) is 0.571. The number of hydrogen-bond acceptors (Lipinski definition) is 2. The molecule has 2 nitrogen and oxygen atoms in total. The molecule has 0 radical (unpaired) electrons. The van der Waals surface area contributed by atoms with Gasteiger partial charge in [-0.2, -0.15) is 0 Å². The van der Waals surface area contributed by atoms with Crippen molar-refractivity contribution in [1.82, 2.24) is 5.32 Å². The number of rotatable bonds is 6. The molecule has 0 unspecified atom stereocenters. The van der Waals surface area contributed by atoms with Crippen LogP contribution in [0.3, 0.4) is 0 Å². The minimum atomic E-state index is -0.229. The maximum atomic E-state index is 14.0. The molecule has 0 amide bonds. The number of hydrogen-bond donors (Lipinski definition) is 1. The zero-order valence-electron chi connectivity index (χ0n) is 11.1. The fourth-order valence-corrected chi connectivity index (χ4v) is 1.92. The first-order chi connectivity index (χ1) is 8.00. The number of benzene rings is 1. The van der Waals surface area contributed by atoms with E-state index in [0.717, 1.165) is 24.9 Å². The van der Waals surface area contributed by atoms with E-state index >= 15 is 0 Å². The first-order valence-corrected chi connectivity index (χ1v) is 5.96. The fourth-order valence-electron chi connectivity index (χ4n) is 1.92. The van der Waals surface area contributed by atoms with Crippen LogP contribution in [-0.2, 0) is 6.42 Å². The summed E-state index contributed by atoms with van der Waals surface area (Å²) >= 11 is 0. The lowest BCUT2D eigenvalue weighted by molar-refractivity contribution is 0.320. The first-order valence-electron chi connectivity index (χ1n) is 5.96. The van der Waals surface area contributed by atoms with Crippen LogP contribution in [0.25, 0.3) is 0 Å². The van der Waals surface area contributed by atoms with Crippen LogP contribution < -0.4 is 10.1 Å². The molecule has 0 fully saturated rings. The average Bonchev–Trinajstić information content (AvgIpc) is 2.29. The Labute approximate surface area is 103 Å². The molecule has 0 aliphatic carbocycles. The Bertz CT molecular complexity index is 363. The third kappa shape index (κ3) is 4.00. The number of nitrogens with one attached hydrogen (secondary N) is 1. The van der Waals surface area contributed by atoms with Crippen molar-refractivity contribution in [3.05, 3.63) is 29.6 Å². The number of halogens is 1. The van der Waals surface area contributed by atoms with Crippen LogP contribution >= 0.6 is 0 Å². The molecule has 0 aromatic heterocycles. The van der Waals surface area contributed by atoms with E-state index in [1.807, 2.05) is 19.2 Å². The summed E-state index contributed by atoms with van der Waals surface area (Å²) in [4.78, 5) is 0. The van der Waals surface area contributed by atoms with Crippen LogP contribution in [0.2, 0.25) is 0 Å². The van der Waals surface area contributed by atoms with E-state index in [0.29, 0.717) is 5.75 Å². The zero-order chi connectivity index (χ0) is 12.9. The van der Waals surface area contributed by atoms with Gasteiger partial charge in [-0.1, -0.05) is 26.0 Å². The molecule has 1 rings (SSSR count). The third-order valence-corrected chi connectivity index (χ3v) is 2.98. The SMILES string of the molecule is CNCCC(C)(C)Cc1cccc(OC)c1F. The highest BCUT2D eigenvalue weighted by Gasteiger charge is 2.20. The maximum absolute atomic E-state index is 14.0. The van der Waals surface area contributed by atoms with E-state index in [1.54, 1.807) is 6.07 Å². The molecule has 17 heavy (non-hydrogen) atoms. The van der Waals surface area contributed by atoms with E-state index in [2.05, 4.69) is 19.2 Å². The number of ether oxygens (including phenoxy) is 1. The molecule has 0 aliphatic heterocycles. The van der Waals surface area contributed by atoms with Crippen molar-refractivity contribution < 1.29 is 9.13 Å². The van der Waals surface area contributed by atoms with Crippen molar-refractivity contribution in [1.29, 1.82) is 0 Å². The Morgan fingerprint density at radius 2 is 2.06 bits per heavy atom. The standard InChI is InChI=1S/C14H22FNO/c1-14(2,8-9-16-3)10-11-6-5-7-12(17-4)13(11)15/h5-7,16H,8-10H2,1-4H3. The quantitative estimate of drug-likeness (QED) is 0.824. The summed E-state index contributed by atoms with van der Waals surface area (Å²) in [6.07, 6.45) is 1.73. The highest BCUT2D eigenvalue weighted by atomic mass is 19.1. The molecule has 3 heteroatoms. The molecule has 0 spiro atoms. The Morgan fingerprint density at radius 3 is 2.65 bits per heavy atom. The highest BCUT2D eigenvalue weighted by molar-refractivity contribution is 5.31. The molecular formula is C14H22FNO. The molecule has 0 heterocycles.